The fourth-order valence-electron chi connectivity index (χ4n) is 1.78. The van der Waals surface area contributed by atoms with Gasteiger partial charge in [0.05, 0.1) is 5.75 Å². The van der Waals surface area contributed by atoms with Crippen LogP contribution in [0.25, 0.3) is 0 Å². The lowest BCUT2D eigenvalue weighted by Crippen LogP contribution is -2.35. The van der Waals surface area contributed by atoms with Gasteiger partial charge in [-0.3, -0.25) is 9.89 Å². The molecule has 0 aliphatic carbocycles. The van der Waals surface area contributed by atoms with Crippen molar-refractivity contribution in [1.82, 2.24) is 20.5 Å². The normalized spacial score (nSPS) is 12.1. The number of hydrogen-bond donors (Lipinski definition) is 2. The molecule has 5 nitrogen and oxygen atoms in total. The summed E-state index contributed by atoms with van der Waals surface area (Å²) in [5.74, 6) is 0.288. The number of H-pyrrole nitrogens is 1. The van der Waals surface area contributed by atoms with E-state index in [9.17, 15) is 4.79 Å². The van der Waals surface area contributed by atoms with Crippen molar-refractivity contribution in [3.05, 3.63) is 41.2 Å². The average molecular weight is 311 g/mol. The molecule has 1 heterocycles. The molecule has 0 fully saturated rings. The quantitative estimate of drug-likeness (QED) is 0.803. The Hall–Kier alpha value is -1.53. The van der Waals surface area contributed by atoms with Crippen LogP contribution in [-0.2, 0) is 11.2 Å². The Kier molecular flexibility index (Phi) is 5.43. The SMILES string of the molecule is C[C@@H](Cc1cccc(Cl)c1)NC(=O)CSc1ncn[nH]1. The Morgan fingerprint density at radius 2 is 2.40 bits per heavy atom. The van der Waals surface area contributed by atoms with E-state index in [4.69, 9.17) is 11.6 Å². The molecule has 7 heteroatoms. The van der Waals surface area contributed by atoms with Gasteiger partial charge in [0, 0.05) is 11.1 Å². The zero-order chi connectivity index (χ0) is 14.4. The molecular weight excluding hydrogens is 296 g/mol. The van der Waals surface area contributed by atoms with Crippen molar-refractivity contribution in [2.45, 2.75) is 24.5 Å². The van der Waals surface area contributed by atoms with Gasteiger partial charge in [0.1, 0.15) is 6.33 Å². The smallest absolute Gasteiger partial charge is 0.230 e. The Bertz CT molecular complexity index is 561. The van der Waals surface area contributed by atoms with Crippen LogP contribution in [0.4, 0.5) is 0 Å². The Morgan fingerprint density at radius 3 is 3.10 bits per heavy atom. The number of nitrogens with zero attached hydrogens (tertiary/aromatic N) is 2. The number of halogens is 1. The molecule has 2 N–H and O–H groups in total. The van der Waals surface area contributed by atoms with E-state index in [1.807, 2.05) is 31.2 Å². The molecule has 0 radical (unpaired) electrons. The number of rotatable bonds is 6. The molecule has 1 amide bonds. The minimum absolute atomic E-state index is 0.0269. The van der Waals surface area contributed by atoms with Gasteiger partial charge in [-0.25, -0.2) is 4.98 Å². The van der Waals surface area contributed by atoms with Gasteiger partial charge < -0.3 is 5.32 Å². The van der Waals surface area contributed by atoms with E-state index in [0.29, 0.717) is 15.9 Å². The summed E-state index contributed by atoms with van der Waals surface area (Å²) in [6.07, 6.45) is 2.17. The van der Waals surface area contributed by atoms with Crippen LogP contribution < -0.4 is 5.32 Å². The summed E-state index contributed by atoms with van der Waals surface area (Å²) in [7, 11) is 0. The molecule has 0 aliphatic rings. The van der Waals surface area contributed by atoms with Crippen LogP contribution in [-0.4, -0.2) is 32.9 Å². The number of amides is 1. The molecular formula is C13H15ClN4OS. The summed E-state index contributed by atoms with van der Waals surface area (Å²) in [4.78, 5) is 15.7. The third-order valence-corrected chi connectivity index (χ3v) is 3.68. The third-order valence-electron chi connectivity index (χ3n) is 2.57. The second-order valence-electron chi connectivity index (χ2n) is 4.38. The first-order chi connectivity index (χ1) is 9.63. The average Bonchev–Trinajstić information content (AvgIpc) is 2.89. The number of thioether (sulfide) groups is 1. The van der Waals surface area contributed by atoms with Crippen LogP contribution >= 0.6 is 23.4 Å². The monoisotopic (exact) mass is 310 g/mol. The lowest BCUT2D eigenvalue weighted by molar-refractivity contribution is -0.119. The van der Waals surface area contributed by atoms with Gasteiger partial charge in [0.2, 0.25) is 5.91 Å². The minimum Gasteiger partial charge on any atom is -0.353 e. The lowest BCUT2D eigenvalue weighted by atomic mass is 10.1. The largest absolute Gasteiger partial charge is 0.353 e. The van der Waals surface area contributed by atoms with Crippen LogP contribution in [0.1, 0.15) is 12.5 Å². The van der Waals surface area contributed by atoms with Gasteiger partial charge >= 0.3 is 0 Å². The molecule has 0 spiro atoms. The van der Waals surface area contributed by atoms with E-state index in [1.54, 1.807) is 0 Å². The molecule has 0 saturated heterocycles. The van der Waals surface area contributed by atoms with E-state index in [0.717, 1.165) is 12.0 Å². The first-order valence-corrected chi connectivity index (χ1v) is 7.52. The summed E-state index contributed by atoms with van der Waals surface area (Å²) >= 11 is 7.26. The Balaban J connectivity index is 1.76. The first-order valence-electron chi connectivity index (χ1n) is 6.15. The summed E-state index contributed by atoms with van der Waals surface area (Å²) in [5.41, 5.74) is 1.10. The van der Waals surface area contributed by atoms with Gasteiger partial charge in [0.25, 0.3) is 0 Å². The van der Waals surface area contributed by atoms with Crippen molar-refractivity contribution < 1.29 is 4.79 Å². The molecule has 0 aliphatic heterocycles. The van der Waals surface area contributed by atoms with Crippen molar-refractivity contribution in [2.24, 2.45) is 0 Å². The molecule has 1 aromatic heterocycles. The highest BCUT2D eigenvalue weighted by atomic mass is 35.5. The highest BCUT2D eigenvalue weighted by Gasteiger charge is 2.09. The number of nitrogens with one attached hydrogen (secondary N) is 2. The number of aromatic amines is 1. The molecule has 106 valence electrons. The maximum atomic E-state index is 11.8. The zero-order valence-electron chi connectivity index (χ0n) is 11.0. The highest BCUT2D eigenvalue weighted by molar-refractivity contribution is 7.99. The molecule has 20 heavy (non-hydrogen) atoms. The molecule has 1 aromatic carbocycles. The summed E-state index contributed by atoms with van der Waals surface area (Å²) in [6.45, 7) is 1.97. The van der Waals surface area contributed by atoms with Crippen molar-refractivity contribution in [3.63, 3.8) is 0 Å². The van der Waals surface area contributed by atoms with Gasteiger partial charge in [0.15, 0.2) is 5.16 Å². The van der Waals surface area contributed by atoms with E-state index in [1.165, 1.54) is 18.1 Å². The zero-order valence-corrected chi connectivity index (χ0v) is 12.5. The topological polar surface area (TPSA) is 70.7 Å². The van der Waals surface area contributed by atoms with Crippen LogP contribution in [0, 0.1) is 0 Å². The second-order valence-corrected chi connectivity index (χ2v) is 5.78. The van der Waals surface area contributed by atoms with Crippen molar-refractivity contribution >= 4 is 29.3 Å². The van der Waals surface area contributed by atoms with E-state index in [2.05, 4.69) is 20.5 Å². The molecule has 0 saturated carbocycles. The fraction of sp³-hybridized carbons (Fsp3) is 0.308. The standard InChI is InChI=1S/C13H15ClN4OS/c1-9(5-10-3-2-4-11(14)6-10)17-12(19)7-20-13-15-8-16-18-13/h2-4,6,8-9H,5,7H2,1H3,(H,17,19)(H,15,16,18)/t9-/m0/s1. The van der Waals surface area contributed by atoms with E-state index in [-0.39, 0.29) is 11.9 Å². The van der Waals surface area contributed by atoms with Crippen LogP contribution in [0.3, 0.4) is 0 Å². The van der Waals surface area contributed by atoms with Gasteiger partial charge in [-0.15, -0.1) is 0 Å². The van der Waals surface area contributed by atoms with Crippen molar-refractivity contribution in [2.75, 3.05) is 5.75 Å². The van der Waals surface area contributed by atoms with Gasteiger partial charge in [-0.2, -0.15) is 5.10 Å². The second kappa shape index (κ2) is 7.31. The lowest BCUT2D eigenvalue weighted by Gasteiger charge is -2.13. The summed E-state index contributed by atoms with van der Waals surface area (Å²) in [6, 6.07) is 7.70. The van der Waals surface area contributed by atoms with Crippen molar-refractivity contribution in [3.8, 4) is 0 Å². The molecule has 1 atom stereocenters. The van der Waals surface area contributed by atoms with E-state index < -0.39 is 0 Å². The predicted octanol–water partition coefficient (Wildman–Crippen LogP) is 2.30. The third kappa shape index (κ3) is 4.86. The van der Waals surface area contributed by atoms with Gasteiger partial charge in [-0.1, -0.05) is 35.5 Å². The highest BCUT2D eigenvalue weighted by Crippen LogP contribution is 2.13. The Labute approximate surface area is 126 Å². The van der Waals surface area contributed by atoms with Gasteiger partial charge in [-0.05, 0) is 31.0 Å². The number of carbonyl (C=O) groups excluding carboxylic acids is 1. The number of carbonyl (C=O) groups is 1. The molecule has 0 unspecified atom stereocenters. The number of benzene rings is 1. The fourth-order valence-corrected chi connectivity index (χ4v) is 2.59. The predicted molar refractivity (Wildman–Crippen MR) is 79.9 cm³/mol. The van der Waals surface area contributed by atoms with Crippen LogP contribution in [0.15, 0.2) is 35.7 Å². The molecule has 2 aromatic rings. The van der Waals surface area contributed by atoms with Crippen LogP contribution in [0.2, 0.25) is 5.02 Å². The first kappa shape index (κ1) is 14.9. The van der Waals surface area contributed by atoms with E-state index >= 15 is 0 Å². The molecule has 2 rings (SSSR count). The maximum Gasteiger partial charge on any atom is 0.230 e. The minimum atomic E-state index is -0.0269. The number of hydrogen-bond acceptors (Lipinski definition) is 4. The number of aromatic nitrogens is 3. The van der Waals surface area contributed by atoms with Crippen molar-refractivity contribution in [1.29, 1.82) is 0 Å². The maximum absolute atomic E-state index is 11.8. The Morgan fingerprint density at radius 1 is 1.55 bits per heavy atom. The van der Waals surface area contributed by atoms with Crippen LogP contribution in [0.5, 0.6) is 0 Å². The molecule has 0 bridgehead atoms. The summed E-state index contributed by atoms with van der Waals surface area (Å²) < 4.78 is 0. The summed E-state index contributed by atoms with van der Waals surface area (Å²) in [5, 5.41) is 10.7.